The van der Waals surface area contributed by atoms with Crippen molar-refractivity contribution in [1.29, 1.82) is 0 Å². The number of benzene rings is 1. The maximum Gasteiger partial charge on any atom is 0.413 e. The number of hydrogen-bond acceptors (Lipinski definition) is 3. The van der Waals surface area contributed by atoms with Crippen LogP contribution in [0.1, 0.15) is 30.1 Å². The van der Waals surface area contributed by atoms with Crippen molar-refractivity contribution in [3.63, 3.8) is 0 Å². The fourth-order valence-corrected chi connectivity index (χ4v) is 2.73. The van der Waals surface area contributed by atoms with E-state index in [2.05, 4.69) is 6.92 Å². The summed E-state index contributed by atoms with van der Waals surface area (Å²) in [4.78, 5) is 27.7. The van der Waals surface area contributed by atoms with E-state index in [1.165, 1.54) is 12.0 Å². The highest BCUT2D eigenvalue weighted by Gasteiger charge is 2.25. The summed E-state index contributed by atoms with van der Waals surface area (Å²) < 4.78 is 4.73. The number of carbonyl (C=O) groups excluding carboxylic acids is 2. The van der Waals surface area contributed by atoms with Crippen LogP contribution in [0.2, 0.25) is 0 Å². The molecule has 1 heterocycles. The van der Waals surface area contributed by atoms with Crippen molar-refractivity contribution in [3.05, 3.63) is 29.8 Å². The van der Waals surface area contributed by atoms with Gasteiger partial charge in [0.25, 0.3) is 5.91 Å². The molecule has 0 bridgehead atoms. The van der Waals surface area contributed by atoms with Gasteiger partial charge in [-0.2, -0.15) is 0 Å². The highest BCUT2D eigenvalue weighted by molar-refractivity contribution is 6.03. The van der Waals surface area contributed by atoms with Crippen LogP contribution in [0, 0.1) is 5.92 Å². The second-order valence-corrected chi connectivity index (χ2v) is 5.54. The minimum absolute atomic E-state index is 0.0205. The highest BCUT2D eigenvalue weighted by Crippen LogP contribution is 2.24. The van der Waals surface area contributed by atoms with Crippen molar-refractivity contribution in [2.75, 3.05) is 32.1 Å². The van der Waals surface area contributed by atoms with Gasteiger partial charge in [0.2, 0.25) is 0 Å². The number of amides is 2. The van der Waals surface area contributed by atoms with Crippen LogP contribution in [0.25, 0.3) is 0 Å². The predicted octanol–water partition coefficient (Wildman–Crippen LogP) is 2.76. The monoisotopic (exact) mass is 290 g/mol. The van der Waals surface area contributed by atoms with Crippen LogP contribution < -0.4 is 4.90 Å². The van der Waals surface area contributed by atoms with Crippen LogP contribution in [0.5, 0.6) is 0 Å². The van der Waals surface area contributed by atoms with Crippen molar-refractivity contribution in [1.82, 2.24) is 4.90 Å². The van der Waals surface area contributed by atoms with Crippen LogP contribution in [0.4, 0.5) is 10.5 Å². The third-order valence-electron chi connectivity index (χ3n) is 3.89. The second kappa shape index (κ2) is 6.61. The molecular formula is C16H22N2O3. The van der Waals surface area contributed by atoms with E-state index in [9.17, 15) is 9.59 Å². The number of piperidine rings is 1. The number of anilines is 1. The lowest BCUT2D eigenvalue weighted by molar-refractivity contribution is 0.0684. The van der Waals surface area contributed by atoms with Crippen LogP contribution >= 0.6 is 0 Å². The van der Waals surface area contributed by atoms with E-state index in [1.807, 2.05) is 17.0 Å². The van der Waals surface area contributed by atoms with Gasteiger partial charge in [0, 0.05) is 20.1 Å². The molecule has 1 aliphatic heterocycles. The van der Waals surface area contributed by atoms with Crippen molar-refractivity contribution >= 4 is 17.7 Å². The third kappa shape index (κ3) is 3.35. The van der Waals surface area contributed by atoms with Crippen LogP contribution in [-0.2, 0) is 4.74 Å². The first-order valence-corrected chi connectivity index (χ1v) is 7.24. The van der Waals surface area contributed by atoms with E-state index in [0.717, 1.165) is 25.9 Å². The molecular weight excluding hydrogens is 268 g/mol. The summed E-state index contributed by atoms with van der Waals surface area (Å²) in [6.07, 6.45) is 1.71. The Balaban J connectivity index is 2.27. The third-order valence-corrected chi connectivity index (χ3v) is 3.89. The Morgan fingerprint density at radius 3 is 2.71 bits per heavy atom. The molecule has 5 nitrogen and oxygen atoms in total. The minimum atomic E-state index is -0.484. The molecule has 1 fully saturated rings. The van der Waals surface area contributed by atoms with Gasteiger partial charge in [0.15, 0.2) is 0 Å². The maximum absolute atomic E-state index is 12.7. The zero-order valence-electron chi connectivity index (χ0n) is 12.8. The average Bonchev–Trinajstić information content (AvgIpc) is 2.52. The smallest absolute Gasteiger partial charge is 0.413 e. The second-order valence-electron chi connectivity index (χ2n) is 5.54. The van der Waals surface area contributed by atoms with Crippen LogP contribution in [0.3, 0.4) is 0 Å². The van der Waals surface area contributed by atoms with Gasteiger partial charge in [-0.05, 0) is 30.9 Å². The fraction of sp³-hybridized carbons (Fsp3) is 0.500. The molecule has 1 aliphatic rings. The number of rotatable bonds is 2. The Bertz CT molecular complexity index is 530. The molecule has 0 N–H and O–H groups in total. The topological polar surface area (TPSA) is 49.9 Å². The molecule has 2 amide bonds. The SMILES string of the molecule is COC(=O)N(C)c1ccccc1C(=O)N1CCCC(C)C1. The Labute approximate surface area is 125 Å². The Hall–Kier alpha value is -2.04. The standard InChI is InChI=1S/C16H22N2O3/c1-12-7-6-10-18(11-12)15(19)13-8-4-5-9-14(13)17(2)16(20)21-3/h4-5,8-9,12H,6-7,10-11H2,1-3H3. The normalized spacial score (nSPS) is 18.2. The predicted molar refractivity (Wildman–Crippen MR) is 81.6 cm³/mol. The first-order valence-electron chi connectivity index (χ1n) is 7.24. The van der Waals surface area contributed by atoms with Gasteiger partial charge in [-0.3, -0.25) is 9.69 Å². The van der Waals surface area contributed by atoms with Crippen LogP contribution in [-0.4, -0.2) is 44.1 Å². The Morgan fingerprint density at radius 1 is 1.33 bits per heavy atom. The number of likely N-dealkylation sites (tertiary alicyclic amines) is 1. The quantitative estimate of drug-likeness (QED) is 0.841. The lowest BCUT2D eigenvalue weighted by atomic mass is 9.99. The van der Waals surface area contributed by atoms with Gasteiger partial charge < -0.3 is 9.64 Å². The summed E-state index contributed by atoms with van der Waals surface area (Å²) >= 11 is 0. The summed E-state index contributed by atoms with van der Waals surface area (Å²) in [5, 5.41) is 0. The van der Waals surface area contributed by atoms with Crippen molar-refractivity contribution in [2.24, 2.45) is 5.92 Å². The van der Waals surface area contributed by atoms with E-state index < -0.39 is 6.09 Å². The van der Waals surface area contributed by atoms with Gasteiger partial charge in [-0.25, -0.2) is 4.79 Å². The number of carbonyl (C=O) groups is 2. The molecule has 1 saturated heterocycles. The molecule has 0 aromatic heterocycles. The largest absolute Gasteiger partial charge is 0.452 e. The Kier molecular flexibility index (Phi) is 4.83. The number of hydrogen-bond donors (Lipinski definition) is 0. The first kappa shape index (κ1) is 15.4. The molecule has 0 aliphatic carbocycles. The summed E-state index contributed by atoms with van der Waals surface area (Å²) in [7, 11) is 2.94. The maximum atomic E-state index is 12.7. The van der Waals surface area contributed by atoms with Gasteiger partial charge in [0.1, 0.15) is 0 Å². The molecule has 114 valence electrons. The molecule has 1 unspecified atom stereocenters. The van der Waals surface area contributed by atoms with Gasteiger partial charge >= 0.3 is 6.09 Å². The van der Waals surface area contributed by atoms with E-state index in [4.69, 9.17) is 4.74 Å². The summed E-state index contributed by atoms with van der Waals surface area (Å²) in [5.41, 5.74) is 1.12. The molecule has 0 saturated carbocycles. The Morgan fingerprint density at radius 2 is 2.05 bits per heavy atom. The van der Waals surface area contributed by atoms with Crippen molar-refractivity contribution in [3.8, 4) is 0 Å². The van der Waals surface area contributed by atoms with E-state index in [1.54, 1.807) is 19.2 Å². The molecule has 1 aromatic carbocycles. The number of nitrogens with zero attached hydrogens (tertiary/aromatic N) is 2. The number of para-hydroxylation sites is 1. The zero-order valence-corrected chi connectivity index (χ0v) is 12.8. The van der Waals surface area contributed by atoms with Crippen molar-refractivity contribution < 1.29 is 14.3 Å². The van der Waals surface area contributed by atoms with Gasteiger partial charge in [-0.1, -0.05) is 19.1 Å². The zero-order chi connectivity index (χ0) is 15.4. The molecule has 0 radical (unpaired) electrons. The summed E-state index contributed by atoms with van der Waals surface area (Å²) in [6.45, 7) is 3.71. The number of methoxy groups -OCH3 is 1. The summed E-state index contributed by atoms with van der Waals surface area (Å²) in [6, 6.07) is 7.15. The first-order chi connectivity index (χ1) is 10.0. The molecule has 21 heavy (non-hydrogen) atoms. The molecule has 1 aromatic rings. The fourth-order valence-electron chi connectivity index (χ4n) is 2.73. The molecule has 0 spiro atoms. The van der Waals surface area contributed by atoms with E-state index in [0.29, 0.717) is 17.2 Å². The highest BCUT2D eigenvalue weighted by atomic mass is 16.5. The van der Waals surface area contributed by atoms with E-state index in [-0.39, 0.29) is 5.91 Å². The average molecular weight is 290 g/mol. The van der Waals surface area contributed by atoms with Gasteiger partial charge in [-0.15, -0.1) is 0 Å². The van der Waals surface area contributed by atoms with E-state index >= 15 is 0 Å². The molecule has 5 heteroatoms. The molecule has 2 rings (SSSR count). The lowest BCUT2D eigenvalue weighted by Crippen LogP contribution is -2.40. The number of ether oxygens (including phenoxy) is 1. The summed E-state index contributed by atoms with van der Waals surface area (Å²) in [5.74, 6) is 0.501. The minimum Gasteiger partial charge on any atom is -0.452 e. The van der Waals surface area contributed by atoms with Gasteiger partial charge in [0.05, 0.1) is 18.4 Å². The van der Waals surface area contributed by atoms with Crippen LogP contribution in [0.15, 0.2) is 24.3 Å². The lowest BCUT2D eigenvalue weighted by Gasteiger charge is -2.32. The molecule has 1 atom stereocenters. The van der Waals surface area contributed by atoms with Crippen molar-refractivity contribution in [2.45, 2.75) is 19.8 Å².